The van der Waals surface area contributed by atoms with Crippen LogP contribution in [0.2, 0.25) is 0 Å². The molecule has 2 heteroatoms. The highest BCUT2D eigenvalue weighted by Crippen LogP contribution is 2.24. The Morgan fingerprint density at radius 2 is 2.14 bits per heavy atom. The van der Waals surface area contributed by atoms with Gasteiger partial charge >= 0.3 is 5.97 Å². The van der Waals surface area contributed by atoms with Crippen molar-refractivity contribution < 1.29 is 9.53 Å². The maximum atomic E-state index is 11.6. The van der Waals surface area contributed by atoms with Crippen molar-refractivity contribution in [3.8, 4) is 0 Å². The second-order valence-electron chi connectivity index (χ2n) is 4.24. The smallest absolute Gasteiger partial charge is 0.309 e. The number of carbonyl (C=O) groups excluding carboxylic acids is 1. The van der Waals surface area contributed by atoms with Gasteiger partial charge in [0.1, 0.15) is 6.10 Å². The Morgan fingerprint density at radius 1 is 1.36 bits per heavy atom. The largest absolute Gasteiger partial charge is 0.462 e. The van der Waals surface area contributed by atoms with Gasteiger partial charge in [0.2, 0.25) is 0 Å². The molecule has 0 bridgehead atoms. The van der Waals surface area contributed by atoms with E-state index in [-0.39, 0.29) is 18.0 Å². The maximum Gasteiger partial charge on any atom is 0.309 e. The molecule has 0 spiro atoms. The fraction of sp³-hybridized carbons (Fsp3) is 0.917. The maximum absolute atomic E-state index is 11.6. The third kappa shape index (κ3) is 3.32. The van der Waals surface area contributed by atoms with Crippen LogP contribution in [0.15, 0.2) is 0 Å². The van der Waals surface area contributed by atoms with Gasteiger partial charge in [0.25, 0.3) is 0 Å². The van der Waals surface area contributed by atoms with Crippen LogP contribution in [0.25, 0.3) is 0 Å². The topological polar surface area (TPSA) is 26.3 Å². The second kappa shape index (κ2) is 6.05. The minimum Gasteiger partial charge on any atom is -0.462 e. The number of hydrogen-bond donors (Lipinski definition) is 0. The van der Waals surface area contributed by atoms with Crippen molar-refractivity contribution in [2.24, 2.45) is 5.92 Å². The molecule has 1 heterocycles. The number of rotatable bonds is 4. The van der Waals surface area contributed by atoms with Gasteiger partial charge in [0.15, 0.2) is 0 Å². The lowest BCUT2D eigenvalue weighted by Gasteiger charge is -2.15. The highest BCUT2D eigenvalue weighted by atomic mass is 16.5. The number of hydrogen-bond acceptors (Lipinski definition) is 2. The molecular formula is C12H22O2. The summed E-state index contributed by atoms with van der Waals surface area (Å²) in [4.78, 5) is 11.6. The molecule has 1 rings (SSSR count). The second-order valence-corrected chi connectivity index (χ2v) is 4.24. The third-order valence-electron chi connectivity index (χ3n) is 3.07. The van der Waals surface area contributed by atoms with Gasteiger partial charge in [-0.05, 0) is 32.1 Å². The zero-order chi connectivity index (χ0) is 10.4. The van der Waals surface area contributed by atoms with Gasteiger partial charge in [0.05, 0.1) is 5.92 Å². The first-order valence-corrected chi connectivity index (χ1v) is 5.98. The average Bonchev–Trinajstić information content (AvgIpc) is 2.36. The van der Waals surface area contributed by atoms with E-state index in [0.29, 0.717) is 0 Å². The van der Waals surface area contributed by atoms with Crippen molar-refractivity contribution in [1.29, 1.82) is 0 Å². The Bertz CT molecular complexity index is 177. The molecule has 2 unspecified atom stereocenters. The Balaban J connectivity index is 2.39. The molecule has 0 aromatic heterocycles. The first kappa shape index (κ1) is 11.5. The number of unbranched alkanes of at least 4 members (excludes halogenated alkanes) is 1. The van der Waals surface area contributed by atoms with Crippen LogP contribution in [0, 0.1) is 5.92 Å². The van der Waals surface area contributed by atoms with Crippen LogP contribution in [0.4, 0.5) is 0 Å². The van der Waals surface area contributed by atoms with Gasteiger partial charge in [0, 0.05) is 0 Å². The highest BCUT2D eigenvalue weighted by molar-refractivity contribution is 5.72. The Hall–Kier alpha value is -0.530. The van der Waals surface area contributed by atoms with Gasteiger partial charge in [-0.3, -0.25) is 4.79 Å². The number of esters is 1. The molecule has 0 aliphatic carbocycles. The van der Waals surface area contributed by atoms with E-state index in [4.69, 9.17) is 4.74 Å². The van der Waals surface area contributed by atoms with E-state index in [1.807, 2.05) is 0 Å². The van der Waals surface area contributed by atoms with Crippen LogP contribution < -0.4 is 0 Å². The van der Waals surface area contributed by atoms with Gasteiger partial charge in [-0.15, -0.1) is 0 Å². The fourth-order valence-electron chi connectivity index (χ4n) is 2.04. The molecule has 0 aromatic carbocycles. The SMILES string of the molecule is CCCCC1CCCC(CC)C(=O)O1. The van der Waals surface area contributed by atoms with Gasteiger partial charge in [-0.1, -0.05) is 26.7 Å². The molecule has 1 saturated heterocycles. The van der Waals surface area contributed by atoms with Crippen LogP contribution in [0.5, 0.6) is 0 Å². The predicted octanol–water partition coefficient (Wildman–Crippen LogP) is 3.30. The summed E-state index contributed by atoms with van der Waals surface area (Å²) in [6.45, 7) is 4.24. The lowest BCUT2D eigenvalue weighted by molar-refractivity contribution is -0.153. The summed E-state index contributed by atoms with van der Waals surface area (Å²) in [7, 11) is 0. The van der Waals surface area contributed by atoms with E-state index in [9.17, 15) is 4.79 Å². The average molecular weight is 198 g/mol. The third-order valence-corrected chi connectivity index (χ3v) is 3.07. The summed E-state index contributed by atoms with van der Waals surface area (Å²) in [5.74, 6) is 0.215. The molecule has 1 aliphatic heterocycles. The lowest BCUT2D eigenvalue weighted by atomic mass is 9.99. The van der Waals surface area contributed by atoms with Crippen LogP contribution in [0.1, 0.15) is 58.8 Å². The van der Waals surface area contributed by atoms with Gasteiger partial charge in [-0.2, -0.15) is 0 Å². The molecule has 82 valence electrons. The summed E-state index contributed by atoms with van der Waals surface area (Å²) in [5.41, 5.74) is 0. The molecule has 0 radical (unpaired) electrons. The first-order valence-electron chi connectivity index (χ1n) is 5.98. The molecule has 14 heavy (non-hydrogen) atoms. The van der Waals surface area contributed by atoms with Gasteiger partial charge < -0.3 is 4.74 Å². The Morgan fingerprint density at radius 3 is 2.79 bits per heavy atom. The minimum atomic E-state index is 0.0473. The Kier molecular flexibility index (Phi) is 4.99. The van der Waals surface area contributed by atoms with Crippen molar-refractivity contribution in [2.75, 3.05) is 0 Å². The molecule has 0 amide bonds. The summed E-state index contributed by atoms with van der Waals surface area (Å²) < 4.78 is 5.48. The molecule has 1 aliphatic rings. The molecule has 0 saturated carbocycles. The van der Waals surface area contributed by atoms with Crippen LogP contribution >= 0.6 is 0 Å². The zero-order valence-electron chi connectivity index (χ0n) is 9.42. The number of ether oxygens (including phenoxy) is 1. The first-order chi connectivity index (χ1) is 6.77. The quantitative estimate of drug-likeness (QED) is 0.648. The molecule has 2 nitrogen and oxygen atoms in total. The van der Waals surface area contributed by atoms with Crippen molar-refractivity contribution in [1.82, 2.24) is 0 Å². The minimum absolute atomic E-state index is 0.0473. The molecule has 0 N–H and O–H groups in total. The van der Waals surface area contributed by atoms with E-state index < -0.39 is 0 Å². The molecule has 0 aromatic rings. The van der Waals surface area contributed by atoms with Crippen molar-refractivity contribution in [3.05, 3.63) is 0 Å². The van der Waals surface area contributed by atoms with E-state index in [0.717, 1.165) is 32.1 Å². The molecule has 1 fully saturated rings. The highest BCUT2D eigenvalue weighted by Gasteiger charge is 2.25. The van der Waals surface area contributed by atoms with Crippen molar-refractivity contribution in [3.63, 3.8) is 0 Å². The summed E-state index contributed by atoms with van der Waals surface area (Å²) in [5, 5.41) is 0. The lowest BCUT2D eigenvalue weighted by Crippen LogP contribution is -2.20. The van der Waals surface area contributed by atoms with Crippen molar-refractivity contribution in [2.45, 2.75) is 64.9 Å². The standard InChI is InChI=1S/C12H22O2/c1-3-5-8-11-9-6-7-10(4-2)12(13)14-11/h10-11H,3-9H2,1-2H3. The van der Waals surface area contributed by atoms with Crippen LogP contribution in [-0.4, -0.2) is 12.1 Å². The number of carbonyl (C=O) groups is 1. The van der Waals surface area contributed by atoms with E-state index in [1.54, 1.807) is 0 Å². The predicted molar refractivity (Wildman–Crippen MR) is 57.0 cm³/mol. The summed E-state index contributed by atoms with van der Waals surface area (Å²) >= 11 is 0. The zero-order valence-corrected chi connectivity index (χ0v) is 9.42. The normalized spacial score (nSPS) is 28.3. The van der Waals surface area contributed by atoms with E-state index >= 15 is 0 Å². The van der Waals surface area contributed by atoms with Crippen LogP contribution in [-0.2, 0) is 9.53 Å². The van der Waals surface area contributed by atoms with E-state index in [2.05, 4.69) is 13.8 Å². The van der Waals surface area contributed by atoms with Crippen LogP contribution in [0.3, 0.4) is 0 Å². The Labute approximate surface area is 87.0 Å². The fourth-order valence-corrected chi connectivity index (χ4v) is 2.04. The summed E-state index contributed by atoms with van der Waals surface area (Å²) in [6.07, 6.45) is 7.80. The molecule has 2 atom stereocenters. The summed E-state index contributed by atoms with van der Waals surface area (Å²) in [6, 6.07) is 0. The van der Waals surface area contributed by atoms with Crippen molar-refractivity contribution >= 4 is 5.97 Å². The number of cyclic esters (lactones) is 1. The van der Waals surface area contributed by atoms with E-state index in [1.165, 1.54) is 12.8 Å². The van der Waals surface area contributed by atoms with Gasteiger partial charge in [-0.25, -0.2) is 0 Å². The molecular weight excluding hydrogens is 176 g/mol. The monoisotopic (exact) mass is 198 g/mol.